The smallest absolute Gasteiger partial charge is 0.315 e. The van der Waals surface area contributed by atoms with Gasteiger partial charge < -0.3 is 10.6 Å². The second kappa shape index (κ2) is 11.5. The highest BCUT2D eigenvalue weighted by molar-refractivity contribution is 5.74. The van der Waals surface area contributed by atoms with Crippen LogP contribution < -0.4 is 10.6 Å². The summed E-state index contributed by atoms with van der Waals surface area (Å²) in [5.41, 5.74) is 1.99. The number of hydrogen-bond donors (Lipinski definition) is 2. The Balaban J connectivity index is 0.000000253. The number of carbonyl (C=O) groups excluding carboxylic acids is 1. The lowest BCUT2D eigenvalue weighted by Crippen LogP contribution is -2.35. The Hall–Kier alpha value is -3.20. The molecule has 2 N–H and O–H groups in total. The molecule has 6 heteroatoms. The van der Waals surface area contributed by atoms with Gasteiger partial charge in [0.05, 0.1) is 6.07 Å². The fourth-order valence-corrected chi connectivity index (χ4v) is 1.62. The average Bonchev–Trinajstić information content (AvgIpc) is 2.61. The van der Waals surface area contributed by atoms with Crippen LogP contribution in [-0.4, -0.2) is 12.6 Å². The number of nitrogens with zero attached hydrogens (tertiary/aromatic N) is 2. The number of nitroso groups, excluding NO2 is 1. The normalized spacial score (nSPS) is 8.83. The minimum absolute atomic E-state index is 0.0284. The van der Waals surface area contributed by atoms with Crippen molar-refractivity contribution >= 4 is 6.03 Å². The summed E-state index contributed by atoms with van der Waals surface area (Å²) < 4.78 is 0. The van der Waals surface area contributed by atoms with Crippen LogP contribution in [0.1, 0.15) is 11.1 Å². The highest BCUT2D eigenvalue weighted by Gasteiger charge is 1.97. The predicted molar refractivity (Wildman–Crippen MR) is 88.2 cm³/mol. The van der Waals surface area contributed by atoms with Crippen molar-refractivity contribution in [2.24, 2.45) is 5.18 Å². The molecule has 118 valence electrons. The molecule has 0 radical (unpaired) electrons. The van der Waals surface area contributed by atoms with Crippen LogP contribution in [0.5, 0.6) is 0 Å². The molecule has 0 spiro atoms. The van der Waals surface area contributed by atoms with Crippen LogP contribution >= 0.6 is 0 Å². The maximum absolute atomic E-state index is 11.0. The van der Waals surface area contributed by atoms with E-state index in [0.29, 0.717) is 6.54 Å². The van der Waals surface area contributed by atoms with Gasteiger partial charge in [-0.05, 0) is 11.1 Å². The fraction of sp³-hybridized carbons (Fsp3) is 0.176. The number of rotatable bonds is 5. The Morgan fingerprint density at radius 1 is 0.957 bits per heavy atom. The standard InChI is InChI=1S/C10H11N3O.C7H7NO/c11-6-7-12-10(14)13-8-9-4-2-1-3-5-9;9-8-6-7-4-2-1-3-5-7/h1-5H,7-8H2,(H2,12,13,14);1-5H,6H2. The molecule has 2 aromatic carbocycles. The molecule has 2 amide bonds. The third-order valence-electron chi connectivity index (χ3n) is 2.71. The summed E-state index contributed by atoms with van der Waals surface area (Å²) in [5.74, 6) is 0. The molecule has 23 heavy (non-hydrogen) atoms. The lowest BCUT2D eigenvalue weighted by molar-refractivity contribution is 0.241. The number of nitriles is 1. The Kier molecular flexibility index (Phi) is 8.89. The zero-order valence-electron chi connectivity index (χ0n) is 12.6. The Morgan fingerprint density at radius 3 is 2.04 bits per heavy atom. The number of urea groups is 1. The first-order valence-corrected chi connectivity index (χ1v) is 7.02. The van der Waals surface area contributed by atoms with Gasteiger partial charge in [-0.15, -0.1) is 0 Å². The van der Waals surface area contributed by atoms with Gasteiger partial charge in [-0.2, -0.15) is 10.2 Å². The van der Waals surface area contributed by atoms with Gasteiger partial charge in [0.2, 0.25) is 0 Å². The van der Waals surface area contributed by atoms with Gasteiger partial charge >= 0.3 is 6.03 Å². The molecule has 2 rings (SSSR count). The molecule has 0 aromatic heterocycles. The van der Waals surface area contributed by atoms with Gasteiger partial charge in [-0.1, -0.05) is 65.8 Å². The molecule has 0 fully saturated rings. The molecule has 0 heterocycles. The molecule has 0 bridgehead atoms. The van der Waals surface area contributed by atoms with E-state index in [1.165, 1.54) is 0 Å². The van der Waals surface area contributed by atoms with Gasteiger partial charge in [0, 0.05) is 6.54 Å². The van der Waals surface area contributed by atoms with Crippen molar-refractivity contribution in [3.05, 3.63) is 76.7 Å². The van der Waals surface area contributed by atoms with Crippen molar-refractivity contribution in [2.45, 2.75) is 13.1 Å². The Morgan fingerprint density at radius 2 is 1.52 bits per heavy atom. The summed E-state index contributed by atoms with van der Waals surface area (Å²) in [6.07, 6.45) is 0. The van der Waals surface area contributed by atoms with Gasteiger partial charge in [-0.3, -0.25) is 0 Å². The van der Waals surface area contributed by atoms with E-state index in [4.69, 9.17) is 5.26 Å². The van der Waals surface area contributed by atoms with Crippen LogP contribution in [0.3, 0.4) is 0 Å². The maximum atomic E-state index is 11.0. The van der Waals surface area contributed by atoms with E-state index in [1.807, 2.05) is 66.7 Å². The minimum atomic E-state index is -0.324. The summed E-state index contributed by atoms with van der Waals surface area (Å²) in [5, 5.41) is 16.0. The first-order chi connectivity index (χ1) is 11.3. The van der Waals surface area contributed by atoms with E-state index in [0.717, 1.165) is 11.1 Å². The van der Waals surface area contributed by atoms with Gasteiger partial charge in [0.1, 0.15) is 13.1 Å². The van der Waals surface area contributed by atoms with Crippen molar-refractivity contribution in [1.29, 1.82) is 5.26 Å². The molecule has 0 aliphatic rings. The first-order valence-electron chi connectivity index (χ1n) is 7.02. The first kappa shape index (κ1) is 17.9. The monoisotopic (exact) mass is 310 g/mol. The zero-order chi connectivity index (χ0) is 16.8. The summed E-state index contributed by atoms with van der Waals surface area (Å²) in [7, 11) is 0. The van der Waals surface area contributed by atoms with Crippen molar-refractivity contribution in [3.63, 3.8) is 0 Å². The molecule has 0 aliphatic heterocycles. The number of hydrogen-bond acceptors (Lipinski definition) is 4. The fourth-order valence-electron chi connectivity index (χ4n) is 1.62. The highest BCUT2D eigenvalue weighted by atomic mass is 16.3. The van der Waals surface area contributed by atoms with E-state index in [-0.39, 0.29) is 19.1 Å². The number of benzene rings is 2. The SMILES string of the molecule is N#CCNC(=O)NCc1ccccc1.O=NCc1ccccc1. The van der Waals surface area contributed by atoms with Crippen molar-refractivity contribution < 1.29 is 4.79 Å². The Bertz CT molecular complexity index is 624. The average molecular weight is 310 g/mol. The quantitative estimate of drug-likeness (QED) is 0.656. The second-order valence-corrected chi connectivity index (χ2v) is 4.45. The van der Waals surface area contributed by atoms with Crippen LogP contribution in [0.2, 0.25) is 0 Å². The van der Waals surface area contributed by atoms with Crippen LogP contribution in [0, 0.1) is 16.2 Å². The second-order valence-electron chi connectivity index (χ2n) is 4.45. The lowest BCUT2D eigenvalue weighted by atomic mass is 10.2. The molecule has 0 atom stereocenters. The molecule has 6 nitrogen and oxygen atoms in total. The third kappa shape index (κ3) is 8.63. The van der Waals surface area contributed by atoms with Gasteiger partial charge in [0.25, 0.3) is 0 Å². The molecular formula is C17H18N4O2. The van der Waals surface area contributed by atoms with E-state index < -0.39 is 0 Å². The topological polar surface area (TPSA) is 94.4 Å². The van der Waals surface area contributed by atoms with Crippen molar-refractivity contribution in [3.8, 4) is 6.07 Å². The molecule has 0 saturated heterocycles. The van der Waals surface area contributed by atoms with Crippen LogP contribution in [0.15, 0.2) is 65.8 Å². The van der Waals surface area contributed by atoms with Crippen LogP contribution in [0.25, 0.3) is 0 Å². The Labute approximate surface area is 135 Å². The number of carbonyl (C=O) groups is 1. The lowest BCUT2D eigenvalue weighted by Gasteiger charge is -2.04. The predicted octanol–water partition coefficient (Wildman–Crippen LogP) is 2.96. The summed E-state index contributed by atoms with van der Waals surface area (Å²) >= 11 is 0. The van der Waals surface area contributed by atoms with Crippen LogP contribution in [-0.2, 0) is 13.1 Å². The van der Waals surface area contributed by atoms with Crippen molar-refractivity contribution in [1.82, 2.24) is 10.6 Å². The maximum Gasteiger partial charge on any atom is 0.315 e. The highest BCUT2D eigenvalue weighted by Crippen LogP contribution is 1.98. The zero-order valence-corrected chi connectivity index (χ0v) is 12.6. The summed E-state index contributed by atoms with van der Waals surface area (Å²) in [6, 6.07) is 20.5. The van der Waals surface area contributed by atoms with Crippen LogP contribution in [0.4, 0.5) is 4.79 Å². The van der Waals surface area contributed by atoms with Crippen molar-refractivity contribution in [2.75, 3.05) is 6.54 Å². The van der Waals surface area contributed by atoms with Gasteiger partial charge in [0.15, 0.2) is 0 Å². The third-order valence-corrected chi connectivity index (χ3v) is 2.71. The summed E-state index contributed by atoms with van der Waals surface area (Å²) in [4.78, 5) is 20.7. The summed E-state index contributed by atoms with van der Waals surface area (Å²) in [6.45, 7) is 0.777. The minimum Gasteiger partial charge on any atom is -0.334 e. The molecular weight excluding hydrogens is 292 g/mol. The van der Waals surface area contributed by atoms with Gasteiger partial charge in [-0.25, -0.2) is 4.79 Å². The van der Waals surface area contributed by atoms with E-state index in [9.17, 15) is 9.70 Å². The van der Waals surface area contributed by atoms with E-state index >= 15 is 0 Å². The largest absolute Gasteiger partial charge is 0.334 e. The molecule has 0 aliphatic carbocycles. The number of amides is 2. The molecule has 2 aromatic rings. The molecule has 0 saturated carbocycles. The molecule has 0 unspecified atom stereocenters. The van der Waals surface area contributed by atoms with E-state index in [1.54, 1.807) is 0 Å². The van der Waals surface area contributed by atoms with E-state index in [2.05, 4.69) is 15.8 Å². The number of nitrogens with one attached hydrogen (secondary N) is 2.